The van der Waals surface area contributed by atoms with Gasteiger partial charge < -0.3 is 10.1 Å². The molecule has 0 atom stereocenters. The monoisotopic (exact) mass is 189 g/mol. The molecule has 1 N–H and O–H groups in total. The second-order valence-electron chi connectivity index (χ2n) is 3.04. The minimum Gasteiger partial charge on any atom is -0.380 e. The maximum absolute atomic E-state index is 5.26. The van der Waals surface area contributed by atoms with E-state index in [2.05, 4.69) is 17.1 Å². The van der Waals surface area contributed by atoms with Crippen LogP contribution in [0.15, 0.2) is 0 Å². The minimum atomic E-state index is 0.756. The van der Waals surface area contributed by atoms with Crippen molar-refractivity contribution < 1.29 is 4.74 Å². The average Bonchev–Trinajstić information content (AvgIpc) is 2.14. The van der Waals surface area contributed by atoms with Crippen molar-refractivity contribution in [1.82, 2.24) is 5.32 Å². The zero-order valence-corrected chi connectivity index (χ0v) is 8.66. The Morgan fingerprint density at radius 1 is 1.42 bits per heavy atom. The van der Waals surface area contributed by atoms with Crippen molar-refractivity contribution in [2.75, 3.05) is 31.3 Å². The fraction of sp³-hybridized carbons (Fsp3) is 1.00. The molecule has 0 bridgehead atoms. The maximum atomic E-state index is 5.26. The first-order valence-electron chi connectivity index (χ1n) is 4.82. The summed E-state index contributed by atoms with van der Waals surface area (Å²) in [6, 6.07) is 0.756. The lowest BCUT2D eigenvalue weighted by Crippen LogP contribution is -2.34. The molecule has 12 heavy (non-hydrogen) atoms. The summed E-state index contributed by atoms with van der Waals surface area (Å²) in [6.07, 6.45) is 2.66. The molecular weight excluding hydrogens is 170 g/mol. The quantitative estimate of drug-likeness (QED) is 0.662. The van der Waals surface area contributed by atoms with Crippen LogP contribution in [-0.4, -0.2) is 37.3 Å². The number of rotatable bonds is 5. The molecule has 0 radical (unpaired) electrons. The molecule has 2 nitrogen and oxygen atoms in total. The lowest BCUT2D eigenvalue weighted by molar-refractivity contribution is 0.146. The van der Waals surface area contributed by atoms with Crippen LogP contribution in [0, 0.1) is 0 Å². The highest BCUT2D eigenvalue weighted by molar-refractivity contribution is 7.99. The van der Waals surface area contributed by atoms with Gasteiger partial charge in [0.25, 0.3) is 0 Å². The van der Waals surface area contributed by atoms with Gasteiger partial charge in [-0.15, -0.1) is 0 Å². The van der Waals surface area contributed by atoms with E-state index in [1.807, 2.05) is 6.92 Å². The van der Waals surface area contributed by atoms with E-state index in [0.717, 1.165) is 25.8 Å². The molecule has 1 heterocycles. The highest BCUT2D eigenvalue weighted by atomic mass is 32.2. The third-order valence-corrected chi connectivity index (χ3v) is 3.15. The van der Waals surface area contributed by atoms with Crippen LogP contribution in [0.4, 0.5) is 0 Å². The highest BCUT2D eigenvalue weighted by Gasteiger charge is 2.11. The van der Waals surface area contributed by atoms with Gasteiger partial charge >= 0.3 is 0 Å². The maximum Gasteiger partial charge on any atom is 0.0590 e. The van der Waals surface area contributed by atoms with Crippen LogP contribution < -0.4 is 5.32 Å². The fourth-order valence-electron chi connectivity index (χ4n) is 1.38. The van der Waals surface area contributed by atoms with Gasteiger partial charge in [0.15, 0.2) is 0 Å². The number of ether oxygens (including phenoxy) is 1. The molecular formula is C9H19NOS. The van der Waals surface area contributed by atoms with Gasteiger partial charge in [-0.05, 0) is 31.3 Å². The molecule has 3 heteroatoms. The largest absolute Gasteiger partial charge is 0.380 e. The van der Waals surface area contributed by atoms with E-state index in [1.165, 1.54) is 24.3 Å². The van der Waals surface area contributed by atoms with Crippen LogP contribution in [0.2, 0.25) is 0 Å². The summed E-state index contributed by atoms with van der Waals surface area (Å²) >= 11 is 2.07. The predicted octanol–water partition coefficient (Wildman–Crippen LogP) is 1.51. The zero-order chi connectivity index (χ0) is 8.65. The summed E-state index contributed by atoms with van der Waals surface area (Å²) in [5.41, 5.74) is 0. The topological polar surface area (TPSA) is 21.3 Å². The Hall–Kier alpha value is 0.270. The molecule has 1 rings (SSSR count). The number of hydrogen-bond acceptors (Lipinski definition) is 3. The summed E-state index contributed by atoms with van der Waals surface area (Å²) in [5, 5.41) is 3.52. The van der Waals surface area contributed by atoms with Gasteiger partial charge in [0, 0.05) is 19.2 Å². The molecule has 1 saturated heterocycles. The number of hydrogen-bond donors (Lipinski definition) is 1. The Balaban J connectivity index is 1.91. The summed E-state index contributed by atoms with van der Waals surface area (Å²) in [4.78, 5) is 0. The Morgan fingerprint density at radius 2 is 2.17 bits per heavy atom. The molecule has 1 fully saturated rings. The summed E-state index contributed by atoms with van der Waals surface area (Å²) in [7, 11) is 0. The molecule has 72 valence electrons. The van der Waals surface area contributed by atoms with Crippen LogP contribution >= 0.6 is 11.8 Å². The SMILES string of the molecule is CCOCCNC1CCSCC1. The van der Waals surface area contributed by atoms with Gasteiger partial charge in [0.05, 0.1) is 6.61 Å². The van der Waals surface area contributed by atoms with E-state index in [1.54, 1.807) is 0 Å². The van der Waals surface area contributed by atoms with Gasteiger partial charge in [-0.3, -0.25) is 0 Å². The minimum absolute atomic E-state index is 0.756. The van der Waals surface area contributed by atoms with Crippen LogP contribution in [0.3, 0.4) is 0 Å². The molecule has 0 spiro atoms. The van der Waals surface area contributed by atoms with Gasteiger partial charge in [-0.25, -0.2) is 0 Å². The predicted molar refractivity (Wildman–Crippen MR) is 54.8 cm³/mol. The first kappa shape index (κ1) is 10.4. The first-order valence-corrected chi connectivity index (χ1v) is 5.98. The zero-order valence-electron chi connectivity index (χ0n) is 7.84. The molecule has 0 aromatic carbocycles. The Morgan fingerprint density at radius 3 is 2.83 bits per heavy atom. The second-order valence-corrected chi connectivity index (χ2v) is 4.26. The molecule has 1 aliphatic heterocycles. The molecule has 0 aromatic rings. The molecule has 0 amide bonds. The summed E-state index contributed by atoms with van der Waals surface area (Å²) < 4.78 is 5.26. The van der Waals surface area contributed by atoms with Crippen LogP contribution in [0.25, 0.3) is 0 Å². The number of nitrogens with one attached hydrogen (secondary N) is 1. The van der Waals surface area contributed by atoms with Gasteiger partial charge in [0.1, 0.15) is 0 Å². The van der Waals surface area contributed by atoms with Crippen molar-refractivity contribution in [2.45, 2.75) is 25.8 Å². The van der Waals surface area contributed by atoms with Crippen molar-refractivity contribution in [3.8, 4) is 0 Å². The highest BCUT2D eigenvalue weighted by Crippen LogP contribution is 2.16. The molecule has 0 aliphatic carbocycles. The van der Waals surface area contributed by atoms with E-state index in [9.17, 15) is 0 Å². The Bertz CT molecular complexity index is 105. The van der Waals surface area contributed by atoms with Crippen molar-refractivity contribution in [3.63, 3.8) is 0 Å². The van der Waals surface area contributed by atoms with Crippen molar-refractivity contribution >= 4 is 11.8 Å². The lowest BCUT2D eigenvalue weighted by Gasteiger charge is -2.22. The van der Waals surface area contributed by atoms with Gasteiger partial charge in [0.2, 0.25) is 0 Å². The van der Waals surface area contributed by atoms with E-state index < -0.39 is 0 Å². The van der Waals surface area contributed by atoms with Crippen LogP contribution in [0.1, 0.15) is 19.8 Å². The van der Waals surface area contributed by atoms with Crippen molar-refractivity contribution in [3.05, 3.63) is 0 Å². The number of thioether (sulfide) groups is 1. The molecule has 1 aliphatic rings. The van der Waals surface area contributed by atoms with Crippen molar-refractivity contribution in [1.29, 1.82) is 0 Å². The van der Waals surface area contributed by atoms with E-state index >= 15 is 0 Å². The Labute approximate surface area is 79.4 Å². The van der Waals surface area contributed by atoms with Crippen molar-refractivity contribution in [2.24, 2.45) is 0 Å². The van der Waals surface area contributed by atoms with Gasteiger partial charge in [-0.1, -0.05) is 0 Å². The average molecular weight is 189 g/mol. The van der Waals surface area contributed by atoms with Gasteiger partial charge in [-0.2, -0.15) is 11.8 Å². The smallest absolute Gasteiger partial charge is 0.0590 e. The molecule has 0 unspecified atom stereocenters. The molecule has 0 saturated carbocycles. The first-order chi connectivity index (χ1) is 5.93. The molecule has 0 aromatic heterocycles. The Kier molecular flexibility index (Phi) is 5.82. The standard InChI is InChI=1S/C9H19NOS/c1-2-11-6-5-10-9-3-7-12-8-4-9/h9-10H,2-8H2,1H3. The third kappa shape index (κ3) is 4.33. The summed E-state index contributed by atoms with van der Waals surface area (Å²) in [6.45, 7) is 4.75. The fourth-order valence-corrected chi connectivity index (χ4v) is 2.49. The van der Waals surface area contributed by atoms with Crippen LogP contribution in [-0.2, 0) is 4.74 Å². The summed E-state index contributed by atoms with van der Waals surface area (Å²) in [5.74, 6) is 2.65. The van der Waals surface area contributed by atoms with Crippen LogP contribution in [0.5, 0.6) is 0 Å². The lowest BCUT2D eigenvalue weighted by atomic mass is 10.1. The van der Waals surface area contributed by atoms with E-state index in [4.69, 9.17) is 4.74 Å². The van der Waals surface area contributed by atoms with E-state index in [-0.39, 0.29) is 0 Å². The van der Waals surface area contributed by atoms with E-state index in [0.29, 0.717) is 0 Å². The second kappa shape index (κ2) is 6.75. The normalized spacial score (nSPS) is 19.8. The third-order valence-electron chi connectivity index (χ3n) is 2.10.